The van der Waals surface area contributed by atoms with E-state index < -0.39 is 17.7 Å². The summed E-state index contributed by atoms with van der Waals surface area (Å²) < 4.78 is 27.9. The summed E-state index contributed by atoms with van der Waals surface area (Å²) in [7, 11) is 0. The maximum Gasteiger partial charge on any atom is 0.159 e. The lowest BCUT2D eigenvalue weighted by atomic mass is 10.0. The predicted octanol–water partition coefficient (Wildman–Crippen LogP) is 3.67. The Hall–Kier alpha value is -1.46. The van der Waals surface area contributed by atoms with Crippen molar-refractivity contribution < 1.29 is 13.9 Å². The van der Waals surface area contributed by atoms with Gasteiger partial charge in [-0.3, -0.25) is 4.68 Å². The summed E-state index contributed by atoms with van der Waals surface area (Å²) in [5, 5.41) is 15.1. The highest BCUT2D eigenvalue weighted by atomic mass is 35.5. The third-order valence-electron chi connectivity index (χ3n) is 3.41. The number of aryl methyl sites for hydroxylation is 2. The molecule has 0 fully saturated rings. The molecule has 0 radical (unpaired) electrons. The Morgan fingerprint density at radius 1 is 1.29 bits per heavy atom. The Morgan fingerprint density at radius 2 is 2.00 bits per heavy atom. The summed E-state index contributed by atoms with van der Waals surface area (Å²) in [6.45, 7) is 4.50. The molecule has 0 saturated heterocycles. The Labute approximate surface area is 127 Å². The van der Waals surface area contributed by atoms with E-state index in [1.807, 2.05) is 13.8 Å². The molecule has 2 rings (SSSR count). The van der Waals surface area contributed by atoms with E-state index in [1.54, 1.807) is 4.68 Å². The molecule has 114 valence electrons. The molecule has 1 unspecified atom stereocenters. The predicted molar refractivity (Wildman–Crippen MR) is 77.3 cm³/mol. The van der Waals surface area contributed by atoms with Gasteiger partial charge in [0.15, 0.2) is 11.6 Å². The fourth-order valence-corrected chi connectivity index (χ4v) is 2.58. The molecule has 1 aromatic carbocycles. The van der Waals surface area contributed by atoms with Crippen LogP contribution in [0.25, 0.3) is 0 Å². The Balaban J connectivity index is 2.28. The first-order valence-corrected chi connectivity index (χ1v) is 7.22. The molecule has 0 aliphatic carbocycles. The van der Waals surface area contributed by atoms with Gasteiger partial charge in [-0.25, -0.2) is 8.78 Å². The third kappa shape index (κ3) is 3.24. The van der Waals surface area contributed by atoms with Crippen LogP contribution < -0.4 is 0 Å². The van der Waals surface area contributed by atoms with Crippen LogP contribution in [0.3, 0.4) is 0 Å². The monoisotopic (exact) mass is 314 g/mol. The van der Waals surface area contributed by atoms with Gasteiger partial charge in [0.1, 0.15) is 0 Å². The van der Waals surface area contributed by atoms with Gasteiger partial charge in [0.2, 0.25) is 0 Å². The molecule has 3 nitrogen and oxygen atoms in total. The van der Waals surface area contributed by atoms with Gasteiger partial charge in [-0.05, 0) is 31.0 Å². The molecule has 0 bridgehead atoms. The SMILES string of the molecule is CCc1nn(CC)c(CC(O)c2ccc(F)c(F)c2)c1Cl. The lowest BCUT2D eigenvalue weighted by Gasteiger charge is -2.13. The largest absolute Gasteiger partial charge is 0.388 e. The van der Waals surface area contributed by atoms with E-state index >= 15 is 0 Å². The molecule has 1 atom stereocenters. The fourth-order valence-electron chi connectivity index (χ4n) is 2.23. The van der Waals surface area contributed by atoms with Crippen LogP contribution in [0.2, 0.25) is 5.02 Å². The number of aliphatic hydroxyl groups is 1. The van der Waals surface area contributed by atoms with Crippen molar-refractivity contribution in [3.63, 3.8) is 0 Å². The molecule has 21 heavy (non-hydrogen) atoms. The van der Waals surface area contributed by atoms with Crippen molar-refractivity contribution in [2.75, 3.05) is 0 Å². The van der Waals surface area contributed by atoms with Crippen molar-refractivity contribution in [3.05, 3.63) is 51.8 Å². The van der Waals surface area contributed by atoms with Crippen molar-refractivity contribution in [3.8, 4) is 0 Å². The fraction of sp³-hybridized carbons (Fsp3) is 0.400. The Kier molecular flexibility index (Phi) is 4.96. The van der Waals surface area contributed by atoms with Crippen LogP contribution in [0, 0.1) is 11.6 Å². The topological polar surface area (TPSA) is 38.0 Å². The van der Waals surface area contributed by atoms with Crippen molar-refractivity contribution in [1.82, 2.24) is 9.78 Å². The summed E-state index contributed by atoms with van der Waals surface area (Å²) >= 11 is 6.27. The highest BCUT2D eigenvalue weighted by Gasteiger charge is 2.19. The molecule has 6 heteroatoms. The summed E-state index contributed by atoms with van der Waals surface area (Å²) in [5.74, 6) is -1.91. The summed E-state index contributed by atoms with van der Waals surface area (Å²) in [5.41, 5.74) is 1.78. The van der Waals surface area contributed by atoms with Gasteiger partial charge in [0.25, 0.3) is 0 Å². The maximum absolute atomic E-state index is 13.2. The van der Waals surface area contributed by atoms with Crippen molar-refractivity contribution in [2.24, 2.45) is 0 Å². The summed E-state index contributed by atoms with van der Waals surface area (Å²) in [6, 6.07) is 3.37. The van der Waals surface area contributed by atoms with E-state index in [0.717, 1.165) is 17.8 Å². The average molecular weight is 315 g/mol. The molecule has 0 saturated carbocycles. The van der Waals surface area contributed by atoms with E-state index in [0.29, 0.717) is 29.2 Å². The van der Waals surface area contributed by atoms with Crippen molar-refractivity contribution in [2.45, 2.75) is 39.3 Å². The van der Waals surface area contributed by atoms with Crippen LogP contribution in [0.1, 0.15) is 36.9 Å². The van der Waals surface area contributed by atoms with Gasteiger partial charge in [-0.1, -0.05) is 24.6 Å². The molecule has 1 heterocycles. The average Bonchev–Trinajstić information content (AvgIpc) is 2.78. The number of nitrogens with zero attached hydrogens (tertiary/aromatic N) is 2. The minimum atomic E-state index is -0.976. The van der Waals surface area contributed by atoms with E-state index in [9.17, 15) is 13.9 Å². The zero-order valence-corrected chi connectivity index (χ0v) is 12.7. The van der Waals surface area contributed by atoms with Crippen LogP contribution in [0.4, 0.5) is 8.78 Å². The number of rotatable bonds is 5. The second-order valence-electron chi connectivity index (χ2n) is 4.77. The van der Waals surface area contributed by atoms with Crippen LogP contribution in [0.15, 0.2) is 18.2 Å². The molecule has 0 spiro atoms. The van der Waals surface area contributed by atoms with Gasteiger partial charge >= 0.3 is 0 Å². The molecule has 0 aliphatic heterocycles. The van der Waals surface area contributed by atoms with Crippen LogP contribution in [-0.4, -0.2) is 14.9 Å². The number of aliphatic hydroxyl groups excluding tert-OH is 1. The first-order valence-electron chi connectivity index (χ1n) is 6.84. The zero-order chi connectivity index (χ0) is 15.6. The van der Waals surface area contributed by atoms with Gasteiger partial charge in [-0.2, -0.15) is 5.10 Å². The molecule has 1 N–H and O–H groups in total. The molecule has 0 aliphatic rings. The molecular formula is C15H17ClF2N2O. The third-order valence-corrected chi connectivity index (χ3v) is 3.85. The lowest BCUT2D eigenvalue weighted by molar-refractivity contribution is 0.175. The van der Waals surface area contributed by atoms with E-state index in [1.165, 1.54) is 6.07 Å². The zero-order valence-electron chi connectivity index (χ0n) is 11.9. The number of aromatic nitrogens is 2. The maximum atomic E-state index is 13.2. The quantitative estimate of drug-likeness (QED) is 0.914. The highest BCUT2D eigenvalue weighted by Crippen LogP contribution is 2.27. The van der Waals surface area contributed by atoms with Gasteiger partial charge < -0.3 is 5.11 Å². The lowest BCUT2D eigenvalue weighted by Crippen LogP contribution is -2.09. The van der Waals surface area contributed by atoms with E-state index in [4.69, 9.17) is 11.6 Å². The van der Waals surface area contributed by atoms with E-state index in [2.05, 4.69) is 5.10 Å². The molecule has 2 aromatic rings. The first-order chi connectivity index (χ1) is 9.97. The van der Waals surface area contributed by atoms with E-state index in [-0.39, 0.29) is 6.42 Å². The minimum absolute atomic E-state index is 0.199. The number of hydrogen-bond donors (Lipinski definition) is 1. The smallest absolute Gasteiger partial charge is 0.159 e. The van der Waals surface area contributed by atoms with Gasteiger partial charge in [0.05, 0.1) is 22.5 Å². The van der Waals surface area contributed by atoms with Crippen LogP contribution in [-0.2, 0) is 19.4 Å². The summed E-state index contributed by atoms with van der Waals surface area (Å²) in [4.78, 5) is 0. The first kappa shape index (κ1) is 15.9. The van der Waals surface area contributed by atoms with Crippen molar-refractivity contribution in [1.29, 1.82) is 0 Å². The minimum Gasteiger partial charge on any atom is -0.388 e. The van der Waals surface area contributed by atoms with Crippen LogP contribution in [0.5, 0.6) is 0 Å². The number of halogens is 3. The second-order valence-corrected chi connectivity index (χ2v) is 5.15. The molecule has 1 aromatic heterocycles. The summed E-state index contributed by atoms with van der Waals surface area (Å²) in [6.07, 6.45) is -0.0745. The Morgan fingerprint density at radius 3 is 2.57 bits per heavy atom. The van der Waals surface area contributed by atoms with Gasteiger partial charge in [0, 0.05) is 13.0 Å². The Bertz CT molecular complexity index is 643. The van der Waals surface area contributed by atoms with Gasteiger partial charge in [-0.15, -0.1) is 0 Å². The molecule has 0 amide bonds. The highest BCUT2D eigenvalue weighted by molar-refractivity contribution is 6.31. The normalized spacial score (nSPS) is 12.7. The van der Waals surface area contributed by atoms with Crippen molar-refractivity contribution >= 4 is 11.6 Å². The number of hydrogen-bond acceptors (Lipinski definition) is 2. The molecular weight excluding hydrogens is 298 g/mol. The standard InChI is InChI=1S/C15H17ClF2N2O/c1-3-12-15(16)13(20(4-2)19-12)8-14(21)9-5-6-10(17)11(18)7-9/h5-7,14,21H,3-4,8H2,1-2H3. The van der Waals surface area contributed by atoms with Crippen LogP contribution >= 0.6 is 11.6 Å². The number of benzene rings is 1. The second kappa shape index (κ2) is 6.54.